The monoisotopic (exact) mass is 325 g/mol. The third-order valence-electron chi connectivity index (χ3n) is 4.30. The Balaban J connectivity index is 2.00. The summed E-state index contributed by atoms with van der Waals surface area (Å²) in [5.74, 6) is 1.31. The van der Waals surface area contributed by atoms with Crippen LogP contribution in [0.3, 0.4) is 0 Å². The Bertz CT molecular complexity index is 474. The molecule has 0 spiro atoms. The topological polar surface area (TPSA) is 80.4 Å². The van der Waals surface area contributed by atoms with Crippen molar-refractivity contribution in [3.63, 3.8) is 0 Å². The van der Waals surface area contributed by atoms with Crippen molar-refractivity contribution in [3.8, 4) is 0 Å². The van der Waals surface area contributed by atoms with E-state index in [-0.39, 0.29) is 11.1 Å². The number of nitrogens with one attached hydrogen (secondary N) is 1. The summed E-state index contributed by atoms with van der Waals surface area (Å²) in [6, 6.07) is 0. The number of aryl methyl sites for hydroxylation is 1. The van der Waals surface area contributed by atoms with Crippen molar-refractivity contribution in [2.24, 2.45) is 0 Å². The van der Waals surface area contributed by atoms with Crippen LogP contribution in [0, 0.1) is 6.92 Å². The molecule has 1 saturated carbocycles. The van der Waals surface area contributed by atoms with Gasteiger partial charge < -0.3 is 19.7 Å². The van der Waals surface area contributed by atoms with Crippen LogP contribution in [-0.4, -0.2) is 40.1 Å². The normalized spacial score (nSPS) is 20.2. The van der Waals surface area contributed by atoms with E-state index in [2.05, 4.69) is 15.5 Å². The lowest BCUT2D eigenvalue weighted by Crippen LogP contribution is -2.47. The van der Waals surface area contributed by atoms with E-state index in [9.17, 15) is 5.11 Å². The molecule has 132 valence electrons. The first kappa shape index (κ1) is 18.4. The first-order valence-electron chi connectivity index (χ1n) is 8.69. The molecule has 1 aromatic heterocycles. The third-order valence-corrected chi connectivity index (χ3v) is 4.30. The van der Waals surface area contributed by atoms with Gasteiger partial charge in [-0.3, -0.25) is 0 Å². The standard InChI is InChI=1S/C17H31N3O3/c1-13-19-15(20-23-13)17(9-7-5-6-8-10-17)18-11-14(21)12-22-16(2,3)4/h14,18,21H,5-12H2,1-4H3. The fourth-order valence-corrected chi connectivity index (χ4v) is 3.02. The van der Waals surface area contributed by atoms with Gasteiger partial charge in [0.2, 0.25) is 5.89 Å². The van der Waals surface area contributed by atoms with Gasteiger partial charge in [-0.15, -0.1) is 0 Å². The number of ether oxygens (including phenoxy) is 1. The fraction of sp³-hybridized carbons (Fsp3) is 0.882. The molecule has 2 rings (SSSR count). The summed E-state index contributed by atoms with van der Waals surface area (Å²) in [5.41, 5.74) is -0.539. The average Bonchev–Trinajstić information content (AvgIpc) is 2.78. The molecule has 1 aliphatic rings. The Kier molecular flexibility index (Phi) is 6.17. The van der Waals surface area contributed by atoms with Crippen LogP contribution in [-0.2, 0) is 10.3 Å². The van der Waals surface area contributed by atoms with Gasteiger partial charge in [-0.1, -0.05) is 30.8 Å². The molecule has 0 bridgehead atoms. The van der Waals surface area contributed by atoms with Gasteiger partial charge in [0.1, 0.15) is 0 Å². The van der Waals surface area contributed by atoms with Crippen LogP contribution >= 0.6 is 0 Å². The summed E-state index contributed by atoms with van der Waals surface area (Å²) in [7, 11) is 0. The predicted octanol–water partition coefficient (Wildman–Crippen LogP) is 2.69. The Morgan fingerprint density at radius 1 is 1.26 bits per heavy atom. The van der Waals surface area contributed by atoms with Gasteiger partial charge in [-0.2, -0.15) is 4.98 Å². The van der Waals surface area contributed by atoms with Gasteiger partial charge >= 0.3 is 0 Å². The summed E-state index contributed by atoms with van der Waals surface area (Å²) in [6.45, 7) is 8.56. The lowest BCUT2D eigenvalue weighted by molar-refractivity contribution is -0.0498. The summed E-state index contributed by atoms with van der Waals surface area (Å²) in [4.78, 5) is 4.46. The molecule has 23 heavy (non-hydrogen) atoms. The molecule has 0 aliphatic heterocycles. The van der Waals surface area contributed by atoms with E-state index >= 15 is 0 Å². The van der Waals surface area contributed by atoms with Crippen LogP contribution in [0.25, 0.3) is 0 Å². The van der Waals surface area contributed by atoms with Gasteiger partial charge in [0.15, 0.2) is 5.82 Å². The third kappa shape index (κ3) is 5.55. The van der Waals surface area contributed by atoms with Gasteiger partial charge in [-0.25, -0.2) is 0 Å². The number of aliphatic hydroxyl groups excluding tert-OH is 1. The molecular formula is C17H31N3O3. The van der Waals surface area contributed by atoms with Crippen LogP contribution < -0.4 is 5.32 Å². The quantitative estimate of drug-likeness (QED) is 0.783. The predicted molar refractivity (Wildman–Crippen MR) is 88.1 cm³/mol. The van der Waals surface area contributed by atoms with Crippen molar-refractivity contribution in [1.82, 2.24) is 15.5 Å². The lowest BCUT2D eigenvalue weighted by Gasteiger charge is -2.32. The van der Waals surface area contributed by atoms with Crippen molar-refractivity contribution in [2.75, 3.05) is 13.2 Å². The number of hydrogen-bond donors (Lipinski definition) is 2. The molecule has 1 heterocycles. The minimum Gasteiger partial charge on any atom is -0.389 e. The van der Waals surface area contributed by atoms with Crippen molar-refractivity contribution >= 4 is 0 Å². The number of rotatable bonds is 6. The first-order chi connectivity index (χ1) is 10.8. The molecule has 1 fully saturated rings. The van der Waals surface area contributed by atoms with E-state index in [1.807, 2.05) is 27.7 Å². The van der Waals surface area contributed by atoms with Gasteiger partial charge in [0.05, 0.1) is 23.9 Å². The minimum atomic E-state index is -0.553. The largest absolute Gasteiger partial charge is 0.389 e. The maximum atomic E-state index is 10.2. The van der Waals surface area contributed by atoms with E-state index in [0.29, 0.717) is 19.0 Å². The highest BCUT2D eigenvalue weighted by atomic mass is 16.5. The highest BCUT2D eigenvalue weighted by Crippen LogP contribution is 2.34. The second-order valence-electron chi connectivity index (χ2n) is 7.59. The molecule has 6 nitrogen and oxygen atoms in total. The van der Waals surface area contributed by atoms with E-state index in [0.717, 1.165) is 31.5 Å². The minimum absolute atomic E-state index is 0.244. The molecular weight excluding hydrogens is 294 g/mol. The SMILES string of the molecule is Cc1nc(C2(NCC(O)COC(C)(C)C)CCCCCC2)no1. The van der Waals surface area contributed by atoms with E-state index in [1.165, 1.54) is 12.8 Å². The van der Waals surface area contributed by atoms with E-state index in [1.54, 1.807) is 0 Å². The molecule has 0 radical (unpaired) electrons. The molecule has 1 aliphatic carbocycles. The molecule has 1 aromatic rings. The van der Waals surface area contributed by atoms with Gasteiger partial charge in [0.25, 0.3) is 0 Å². The second kappa shape index (κ2) is 7.73. The van der Waals surface area contributed by atoms with Crippen molar-refractivity contribution in [2.45, 2.75) is 83.5 Å². The van der Waals surface area contributed by atoms with Crippen molar-refractivity contribution < 1.29 is 14.4 Å². The molecule has 1 atom stereocenters. The smallest absolute Gasteiger partial charge is 0.223 e. The summed E-state index contributed by atoms with van der Waals surface area (Å²) in [6.07, 6.45) is 6.12. The van der Waals surface area contributed by atoms with Crippen molar-refractivity contribution in [3.05, 3.63) is 11.7 Å². The summed E-state index contributed by atoms with van der Waals surface area (Å²) in [5, 5.41) is 17.9. The van der Waals surface area contributed by atoms with E-state index in [4.69, 9.17) is 9.26 Å². The van der Waals surface area contributed by atoms with Crippen LogP contribution in [0.4, 0.5) is 0 Å². The molecule has 2 N–H and O–H groups in total. The first-order valence-corrected chi connectivity index (χ1v) is 8.69. The average molecular weight is 325 g/mol. The Morgan fingerprint density at radius 3 is 2.43 bits per heavy atom. The molecule has 1 unspecified atom stereocenters. The summed E-state index contributed by atoms with van der Waals surface area (Å²) >= 11 is 0. The zero-order chi connectivity index (χ0) is 16.9. The Hall–Kier alpha value is -0.980. The highest BCUT2D eigenvalue weighted by molar-refractivity contribution is 5.06. The molecule has 0 aromatic carbocycles. The molecule has 0 amide bonds. The Morgan fingerprint density at radius 2 is 1.91 bits per heavy atom. The van der Waals surface area contributed by atoms with Gasteiger partial charge in [-0.05, 0) is 33.6 Å². The maximum absolute atomic E-state index is 10.2. The molecule has 6 heteroatoms. The van der Waals surface area contributed by atoms with Crippen LogP contribution in [0.1, 0.15) is 71.0 Å². The highest BCUT2D eigenvalue weighted by Gasteiger charge is 2.37. The van der Waals surface area contributed by atoms with Crippen LogP contribution in [0.2, 0.25) is 0 Å². The van der Waals surface area contributed by atoms with Crippen LogP contribution in [0.5, 0.6) is 0 Å². The van der Waals surface area contributed by atoms with Crippen LogP contribution in [0.15, 0.2) is 4.52 Å². The zero-order valence-electron chi connectivity index (χ0n) is 14.9. The fourth-order valence-electron chi connectivity index (χ4n) is 3.02. The zero-order valence-corrected chi connectivity index (χ0v) is 14.9. The number of aliphatic hydroxyl groups is 1. The lowest BCUT2D eigenvalue weighted by atomic mass is 9.89. The molecule has 0 saturated heterocycles. The number of aromatic nitrogens is 2. The second-order valence-corrected chi connectivity index (χ2v) is 7.59. The van der Waals surface area contributed by atoms with Gasteiger partial charge in [0, 0.05) is 13.5 Å². The van der Waals surface area contributed by atoms with Crippen molar-refractivity contribution in [1.29, 1.82) is 0 Å². The van der Waals surface area contributed by atoms with E-state index < -0.39 is 6.10 Å². The number of nitrogens with zero attached hydrogens (tertiary/aromatic N) is 2. The number of hydrogen-bond acceptors (Lipinski definition) is 6. The summed E-state index contributed by atoms with van der Waals surface area (Å²) < 4.78 is 10.9. The Labute approximate surface area is 139 Å². The maximum Gasteiger partial charge on any atom is 0.223 e.